The molecule has 0 heterocycles. The summed E-state index contributed by atoms with van der Waals surface area (Å²) in [6.07, 6.45) is 0.155. The topological polar surface area (TPSA) is 72.6 Å². The van der Waals surface area contributed by atoms with Crippen molar-refractivity contribution in [3.63, 3.8) is 0 Å². The van der Waals surface area contributed by atoms with Crippen molar-refractivity contribution < 1.29 is 14.3 Å². The van der Waals surface area contributed by atoms with E-state index in [1.54, 1.807) is 14.1 Å². The smallest absolute Gasteiger partial charge is 0.338 e. The van der Waals surface area contributed by atoms with Crippen LogP contribution in [0.1, 0.15) is 16.8 Å². The predicted octanol–water partition coefficient (Wildman–Crippen LogP) is 1.56. The molecule has 0 saturated heterocycles. The van der Waals surface area contributed by atoms with E-state index in [0.717, 1.165) is 0 Å². The molecule has 1 aromatic carbocycles. The average molecular weight is 271 g/mol. The van der Waals surface area contributed by atoms with Gasteiger partial charge in [0.15, 0.2) is 0 Å². The highest BCUT2D eigenvalue weighted by Crippen LogP contribution is 2.19. The molecule has 0 saturated carbocycles. The van der Waals surface area contributed by atoms with Crippen molar-refractivity contribution in [1.29, 1.82) is 0 Å². The van der Waals surface area contributed by atoms with E-state index in [0.29, 0.717) is 16.3 Å². The van der Waals surface area contributed by atoms with E-state index in [1.165, 1.54) is 23.1 Å². The molecule has 1 rings (SSSR count). The second-order valence-electron chi connectivity index (χ2n) is 3.91. The number of nitrogens with two attached hydrogens (primary N) is 1. The molecule has 5 nitrogen and oxygen atoms in total. The van der Waals surface area contributed by atoms with E-state index in [2.05, 4.69) is 0 Å². The number of halogens is 1. The Morgan fingerprint density at radius 2 is 2.06 bits per heavy atom. The monoisotopic (exact) mass is 270 g/mol. The third-order valence-electron chi connectivity index (χ3n) is 2.28. The highest BCUT2D eigenvalue weighted by atomic mass is 35.5. The Labute approximate surface area is 110 Å². The minimum Gasteiger partial charge on any atom is -0.462 e. The maximum atomic E-state index is 11.6. The zero-order valence-electron chi connectivity index (χ0n) is 10.3. The van der Waals surface area contributed by atoms with Crippen LogP contribution in [0.25, 0.3) is 0 Å². The first-order valence-electron chi connectivity index (χ1n) is 5.34. The van der Waals surface area contributed by atoms with Gasteiger partial charge in [-0.25, -0.2) is 4.79 Å². The standard InChI is InChI=1S/C12H15ClN2O3/c1-15(2)11(16)5-6-18-12(17)8-3-4-9(13)10(14)7-8/h3-4,7H,5-6,14H2,1-2H3. The number of carbonyl (C=O) groups excluding carboxylic acids is 2. The summed E-state index contributed by atoms with van der Waals surface area (Å²) >= 11 is 5.74. The number of rotatable bonds is 4. The minimum absolute atomic E-state index is 0.0401. The number of ether oxygens (including phenoxy) is 1. The van der Waals surface area contributed by atoms with Gasteiger partial charge in [0.05, 0.1) is 22.7 Å². The Morgan fingerprint density at radius 3 is 2.61 bits per heavy atom. The Morgan fingerprint density at radius 1 is 1.39 bits per heavy atom. The number of nitrogens with zero attached hydrogens (tertiary/aromatic N) is 1. The molecule has 1 amide bonds. The molecule has 0 atom stereocenters. The first-order valence-corrected chi connectivity index (χ1v) is 5.72. The van der Waals surface area contributed by atoms with Crippen LogP contribution in [0, 0.1) is 0 Å². The minimum atomic E-state index is -0.523. The van der Waals surface area contributed by atoms with Crippen molar-refractivity contribution in [1.82, 2.24) is 4.90 Å². The first-order chi connectivity index (χ1) is 8.41. The molecular formula is C12H15ClN2O3. The number of benzene rings is 1. The van der Waals surface area contributed by atoms with Crippen molar-refractivity contribution in [2.45, 2.75) is 6.42 Å². The van der Waals surface area contributed by atoms with Gasteiger partial charge < -0.3 is 15.4 Å². The van der Waals surface area contributed by atoms with Gasteiger partial charge in [-0.15, -0.1) is 0 Å². The van der Waals surface area contributed by atoms with Crippen molar-refractivity contribution in [2.75, 3.05) is 26.4 Å². The molecule has 0 aliphatic carbocycles. The fourth-order valence-electron chi connectivity index (χ4n) is 1.21. The van der Waals surface area contributed by atoms with Crippen LogP contribution in [-0.4, -0.2) is 37.5 Å². The van der Waals surface area contributed by atoms with Gasteiger partial charge in [0.25, 0.3) is 0 Å². The number of hydrogen-bond donors (Lipinski definition) is 1. The molecule has 18 heavy (non-hydrogen) atoms. The summed E-state index contributed by atoms with van der Waals surface area (Å²) in [7, 11) is 3.29. The molecule has 98 valence electrons. The van der Waals surface area contributed by atoms with Crippen molar-refractivity contribution >= 4 is 29.2 Å². The maximum absolute atomic E-state index is 11.6. The number of hydrogen-bond acceptors (Lipinski definition) is 4. The lowest BCUT2D eigenvalue weighted by atomic mass is 10.2. The quantitative estimate of drug-likeness (QED) is 0.666. The van der Waals surface area contributed by atoms with Crippen LogP contribution >= 0.6 is 11.6 Å². The molecule has 6 heteroatoms. The van der Waals surface area contributed by atoms with Crippen LogP contribution in [0.4, 0.5) is 5.69 Å². The molecule has 0 radical (unpaired) electrons. The van der Waals surface area contributed by atoms with Crippen LogP contribution in [0.3, 0.4) is 0 Å². The molecule has 0 spiro atoms. The molecule has 0 aliphatic heterocycles. The van der Waals surface area contributed by atoms with Crippen LogP contribution in [-0.2, 0) is 9.53 Å². The van der Waals surface area contributed by atoms with Gasteiger partial charge in [-0.3, -0.25) is 4.79 Å². The molecular weight excluding hydrogens is 256 g/mol. The number of carbonyl (C=O) groups is 2. The Bertz CT molecular complexity index is 461. The van der Waals surface area contributed by atoms with Gasteiger partial charge >= 0.3 is 5.97 Å². The fraction of sp³-hybridized carbons (Fsp3) is 0.333. The van der Waals surface area contributed by atoms with Crippen LogP contribution in [0.5, 0.6) is 0 Å². The third kappa shape index (κ3) is 3.92. The highest BCUT2D eigenvalue weighted by molar-refractivity contribution is 6.33. The molecule has 0 unspecified atom stereocenters. The fourth-order valence-corrected chi connectivity index (χ4v) is 1.33. The summed E-state index contributed by atoms with van der Waals surface area (Å²) in [6.45, 7) is 0.0401. The molecule has 2 N–H and O–H groups in total. The van der Waals surface area contributed by atoms with E-state index in [4.69, 9.17) is 22.1 Å². The van der Waals surface area contributed by atoms with Crippen molar-refractivity contribution in [3.8, 4) is 0 Å². The normalized spacial score (nSPS) is 9.94. The lowest BCUT2D eigenvalue weighted by molar-refractivity contribution is -0.129. The maximum Gasteiger partial charge on any atom is 0.338 e. The molecule has 0 aromatic heterocycles. The van der Waals surface area contributed by atoms with E-state index in [1.807, 2.05) is 0 Å². The number of esters is 1. The summed E-state index contributed by atoms with van der Waals surface area (Å²) in [4.78, 5) is 24.3. The zero-order valence-corrected chi connectivity index (χ0v) is 11.0. The highest BCUT2D eigenvalue weighted by Gasteiger charge is 2.10. The van der Waals surface area contributed by atoms with Gasteiger partial charge in [-0.05, 0) is 18.2 Å². The largest absolute Gasteiger partial charge is 0.462 e. The summed E-state index contributed by atoms with van der Waals surface area (Å²) in [5.41, 5.74) is 6.20. The molecule has 0 fully saturated rings. The second-order valence-corrected chi connectivity index (χ2v) is 4.32. The van der Waals surface area contributed by atoms with Gasteiger partial charge in [0.2, 0.25) is 5.91 Å². The number of nitrogen functional groups attached to an aromatic ring is 1. The zero-order chi connectivity index (χ0) is 13.7. The number of amides is 1. The third-order valence-corrected chi connectivity index (χ3v) is 2.62. The Balaban J connectivity index is 2.50. The number of anilines is 1. The van der Waals surface area contributed by atoms with E-state index in [-0.39, 0.29) is 18.9 Å². The summed E-state index contributed by atoms with van der Waals surface area (Å²) in [6, 6.07) is 4.49. The van der Waals surface area contributed by atoms with Crippen molar-refractivity contribution in [3.05, 3.63) is 28.8 Å². The van der Waals surface area contributed by atoms with Crippen LogP contribution < -0.4 is 5.73 Å². The second kappa shape index (κ2) is 6.26. The van der Waals surface area contributed by atoms with Gasteiger partial charge in [-0.1, -0.05) is 11.6 Å². The van der Waals surface area contributed by atoms with Crippen LogP contribution in [0.2, 0.25) is 5.02 Å². The van der Waals surface area contributed by atoms with Crippen LogP contribution in [0.15, 0.2) is 18.2 Å². The Kier molecular flexibility index (Phi) is 4.97. The SMILES string of the molecule is CN(C)C(=O)CCOC(=O)c1ccc(Cl)c(N)c1. The lowest BCUT2D eigenvalue weighted by Crippen LogP contribution is -2.23. The Hall–Kier alpha value is -1.75. The summed E-state index contributed by atoms with van der Waals surface area (Å²) in [5, 5.41) is 0.384. The van der Waals surface area contributed by atoms with Gasteiger partial charge in [-0.2, -0.15) is 0 Å². The molecule has 1 aromatic rings. The van der Waals surface area contributed by atoms with E-state index < -0.39 is 5.97 Å². The molecule has 0 aliphatic rings. The van der Waals surface area contributed by atoms with E-state index >= 15 is 0 Å². The van der Waals surface area contributed by atoms with Gasteiger partial charge in [0, 0.05) is 14.1 Å². The molecule has 0 bridgehead atoms. The first kappa shape index (κ1) is 14.3. The van der Waals surface area contributed by atoms with Crippen molar-refractivity contribution in [2.24, 2.45) is 0 Å². The predicted molar refractivity (Wildman–Crippen MR) is 69.5 cm³/mol. The summed E-state index contributed by atoms with van der Waals surface area (Å²) in [5.74, 6) is -0.622. The van der Waals surface area contributed by atoms with E-state index in [9.17, 15) is 9.59 Å². The lowest BCUT2D eigenvalue weighted by Gasteiger charge is -2.10. The average Bonchev–Trinajstić information content (AvgIpc) is 2.32. The van der Waals surface area contributed by atoms with Gasteiger partial charge in [0.1, 0.15) is 6.61 Å². The summed E-state index contributed by atoms with van der Waals surface area (Å²) < 4.78 is 4.96.